The molecule has 0 saturated heterocycles. The topological polar surface area (TPSA) is 29.5 Å². The molecule has 1 N–H and O–H groups in total. The van der Waals surface area contributed by atoms with Crippen molar-refractivity contribution in [2.75, 3.05) is 6.61 Å². The molecule has 2 rings (SSSR count). The minimum Gasteiger partial charge on any atom is -0.494 e. The molecule has 0 aromatic heterocycles. The molecule has 0 amide bonds. The highest BCUT2D eigenvalue weighted by Gasteiger charge is 2.09. The first-order chi connectivity index (χ1) is 9.72. The second kappa shape index (κ2) is 7.11. The van der Waals surface area contributed by atoms with E-state index in [1.807, 2.05) is 31.2 Å². The van der Waals surface area contributed by atoms with Crippen molar-refractivity contribution >= 4 is 0 Å². The van der Waals surface area contributed by atoms with Gasteiger partial charge in [0.05, 0.1) is 12.7 Å². The summed E-state index contributed by atoms with van der Waals surface area (Å²) in [6.07, 6.45) is 1.17. The fourth-order valence-corrected chi connectivity index (χ4v) is 2.23. The van der Waals surface area contributed by atoms with Gasteiger partial charge in [-0.2, -0.15) is 0 Å². The molecule has 0 bridgehead atoms. The summed E-state index contributed by atoms with van der Waals surface area (Å²) in [5.41, 5.74) is 3.37. The van der Waals surface area contributed by atoms with Gasteiger partial charge in [-0.25, -0.2) is 0 Å². The lowest BCUT2D eigenvalue weighted by Crippen LogP contribution is -2.02. The monoisotopic (exact) mass is 270 g/mol. The lowest BCUT2D eigenvalue weighted by atomic mass is 10.00. The van der Waals surface area contributed by atoms with E-state index in [1.165, 1.54) is 5.56 Å². The van der Waals surface area contributed by atoms with Crippen LogP contribution in [0, 0.1) is 0 Å². The quantitative estimate of drug-likeness (QED) is 0.862. The van der Waals surface area contributed by atoms with Crippen LogP contribution < -0.4 is 4.74 Å². The molecule has 2 heteroatoms. The van der Waals surface area contributed by atoms with Gasteiger partial charge >= 0.3 is 0 Å². The molecule has 0 aliphatic rings. The SMILES string of the molecule is CCOc1cccc(C(O)Cc2ccc(CC)cc2)c1. The summed E-state index contributed by atoms with van der Waals surface area (Å²) in [4.78, 5) is 0. The van der Waals surface area contributed by atoms with Crippen molar-refractivity contribution in [2.24, 2.45) is 0 Å². The number of hydrogen-bond donors (Lipinski definition) is 1. The molecule has 20 heavy (non-hydrogen) atoms. The number of hydrogen-bond acceptors (Lipinski definition) is 2. The number of rotatable bonds is 6. The summed E-state index contributed by atoms with van der Waals surface area (Å²) >= 11 is 0. The van der Waals surface area contributed by atoms with Crippen molar-refractivity contribution in [1.29, 1.82) is 0 Å². The normalized spacial score (nSPS) is 12.2. The van der Waals surface area contributed by atoms with Crippen molar-refractivity contribution in [3.8, 4) is 5.75 Å². The number of ether oxygens (including phenoxy) is 1. The highest BCUT2D eigenvalue weighted by molar-refractivity contribution is 5.31. The van der Waals surface area contributed by atoms with Crippen LogP contribution in [0.15, 0.2) is 48.5 Å². The Morgan fingerprint density at radius 3 is 2.35 bits per heavy atom. The van der Waals surface area contributed by atoms with Crippen molar-refractivity contribution < 1.29 is 9.84 Å². The van der Waals surface area contributed by atoms with Gasteiger partial charge in [-0.15, -0.1) is 0 Å². The van der Waals surface area contributed by atoms with Crippen LogP contribution in [0.3, 0.4) is 0 Å². The second-order valence-electron chi connectivity index (χ2n) is 4.90. The minimum atomic E-state index is -0.497. The second-order valence-corrected chi connectivity index (χ2v) is 4.90. The molecule has 1 unspecified atom stereocenters. The molecule has 106 valence electrons. The number of benzene rings is 2. The predicted molar refractivity (Wildman–Crippen MR) is 82.1 cm³/mol. The van der Waals surface area contributed by atoms with Crippen LogP contribution in [0.1, 0.15) is 36.6 Å². The highest BCUT2D eigenvalue weighted by Crippen LogP contribution is 2.22. The van der Waals surface area contributed by atoms with E-state index in [0.29, 0.717) is 13.0 Å². The highest BCUT2D eigenvalue weighted by atomic mass is 16.5. The number of aryl methyl sites for hydroxylation is 1. The van der Waals surface area contributed by atoms with Crippen LogP contribution in [0.4, 0.5) is 0 Å². The van der Waals surface area contributed by atoms with Crippen LogP contribution in [0.5, 0.6) is 5.75 Å². The fourth-order valence-electron chi connectivity index (χ4n) is 2.23. The van der Waals surface area contributed by atoms with Crippen molar-refractivity contribution in [1.82, 2.24) is 0 Å². The Bertz CT molecular complexity index is 531. The third-order valence-electron chi connectivity index (χ3n) is 3.41. The van der Waals surface area contributed by atoms with Crippen molar-refractivity contribution in [3.63, 3.8) is 0 Å². The van der Waals surface area contributed by atoms with E-state index in [2.05, 4.69) is 31.2 Å². The molecule has 0 spiro atoms. The summed E-state index contributed by atoms with van der Waals surface area (Å²) < 4.78 is 5.47. The number of aliphatic hydroxyl groups is 1. The first kappa shape index (κ1) is 14.6. The Morgan fingerprint density at radius 1 is 1.00 bits per heavy atom. The van der Waals surface area contributed by atoms with Gasteiger partial charge in [0, 0.05) is 6.42 Å². The summed E-state index contributed by atoms with van der Waals surface area (Å²) in [6, 6.07) is 16.1. The molecular weight excluding hydrogens is 248 g/mol. The van der Waals surface area contributed by atoms with Gasteiger partial charge in [-0.05, 0) is 42.2 Å². The van der Waals surface area contributed by atoms with Crippen molar-refractivity contribution in [2.45, 2.75) is 32.8 Å². The summed E-state index contributed by atoms with van der Waals surface area (Å²) in [5.74, 6) is 0.811. The van der Waals surface area contributed by atoms with Crippen LogP contribution in [0.25, 0.3) is 0 Å². The Kier molecular flexibility index (Phi) is 5.19. The first-order valence-corrected chi connectivity index (χ1v) is 7.21. The van der Waals surface area contributed by atoms with Gasteiger partial charge < -0.3 is 9.84 Å². The van der Waals surface area contributed by atoms with Crippen molar-refractivity contribution in [3.05, 3.63) is 65.2 Å². The summed E-state index contributed by atoms with van der Waals surface area (Å²) in [7, 11) is 0. The minimum absolute atomic E-state index is 0.497. The van der Waals surface area contributed by atoms with Gasteiger partial charge in [-0.1, -0.05) is 43.3 Å². The van der Waals surface area contributed by atoms with Crippen LogP contribution in [-0.4, -0.2) is 11.7 Å². The Morgan fingerprint density at radius 2 is 1.70 bits per heavy atom. The molecule has 2 aromatic carbocycles. The molecular formula is C18H22O2. The summed E-state index contributed by atoms with van der Waals surface area (Å²) in [6.45, 7) is 4.74. The largest absolute Gasteiger partial charge is 0.494 e. The van der Waals surface area contributed by atoms with E-state index in [0.717, 1.165) is 23.3 Å². The molecule has 2 aromatic rings. The average molecular weight is 270 g/mol. The third-order valence-corrected chi connectivity index (χ3v) is 3.41. The van der Waals surface area contributed by atoms with E-state index in [1.54, 1.807) is 0 Å². The molecule has 1 atom stereocenters. The Balaban J connectivity index is 2.06. The van der Waals surface area contributed by atoms with E-state index >= 15 is 0 Å². The van der Waals surface area contributed by atoms with Gasteiger partial charge in [0.2, 0.25) is 0 Å². The zero-order valence-corrected chi connectivity index (χ0v) is 12.2. The van der Waals surface area contributed by atoms with Gasteiger partial charge in [0.15, 0.2) is 0 Å². The maximum atomic E-state index is 10.3. The zero-order chi connectivity index (χ0) is 14.4. The van der Waals surface area contributed by atoms with Gasteiger partial charge in [0.25, 0.3) is 0 Å². The smallest absolute Gasteiger partial charge is 0.119 e. The van der Waals surface area contributed by atoms with Gasteiger partial charge in [-0.3, -0.25) is 0 Å². The van der Waals surface area contributed by atoms with E-state index in [9.17, 15) is 5.11 Å². The maximum Gasteiger partial charge on any atom is 0.119 e. The molecule has 0 radical (unpaired) electrons. The maximum absolute atomic E-state index is 10.3. The summed E-state index contributed by atoms with van der Waals surface area (Å²) in [5, 5.41) is 10.3. The van der Waals surface area contributed by atoms with E-state index in [4.69, 9.17) is 4.74 Å². The standard InChI is InChI=1S/C18H22O2/c1-3-14-8-10-15(11-9-14)12-18(19)16-6-5-7-17(13-16)20-4-2/h5-11,13,18-19H,3-4,12H2,1-2H3. The molecule has 0 aliphatic carbocycles. The molecule has 0 aliphatic heterocycles. The first-order valence-electron chi connectivity index (χ1n) is 7.21. The van der Waals surface area contributed by atoms with E-state index < -0.39 is 6.10 Å². The zero-order valence-electron chi connectivity index (χ0n) is 12.2. The van der Waals surface area contributed by atoms with Crippen LogP contribution in [0.2, 0.25) is 0 Å². The Labute approximate surface area is 121 Å². The molecule has 2 nitrogen and oxygen atoms in total. The predicted octanol–water partition coefficient (Wildman–Crippen LogP) is 3.92. The van der Waals surface area contributed by atoms with Crippen LogP contribution in [-0.2, 0) is 12.8 Å². The fraction of sp³-hybridized carbons (Fsp3) is 0.333. The molecule has 0 saturated carbocycles. The lowest BCUT2D eigenvalue weighted by Gasteiger charge is -2.13. The molecule has 0 heterocycles. The lowest BCUT2D eigenvalue weighted by molar-refractivity contribution is 0.178. The van der Waals surface area contributed by atoms with Gasteiger partial charge in [0.1, 0.15) is 5.75 Å². The molecule has 0 fully saturated rings. The number of aliphatic hydroxyl groups excluding tert-OH is 1. The Hall–Kier alpha value is -1.80. The third kappa shape index (κ3) is 3.84. The average Bonchev–Trinajstić information content (AvgIpc) is 2.48. The van der Waals surface area contributed by atoms with E-state index in [-0.39, 0.29) is 0 Å². The van der Waals surface area contributed by atoms with Crippen LogP contribution >= 0.6 is 0 Å².